The summed E-state index contributed by atoms with van der Waals surface area (Å²) in [6.07, 6.45) is 0.671. The Bertz CT molecular complexity index is 1420. The zero-order chi connectivity index (χ0) is 28.2. The van der Waals surface area contributed by atoms with E-state index in [0.29, 0.717) is 36.6 Å². The first-order chi connectivity index (χ1) is 18.6. The van der Waals surface area contributed by atoms with E-state index in [1.165, 1.54) is 34.6 Å². The Labute approximate surface area is 226 Å². The quantitative estimate of drug-likeness (QED) is 0.445. The molecule has 1 N–H and O–H groups in total. The minimum atomic E-state index is -0.892. The molecule has 10 heteroatoms. The van der Waals surface area contributed by atoms with Crippen LogP contribution in [0.25, 0.3) is 0 Å². The van der Waals surface area contributed by atoms with E-state index in [0.717, 1.165) is 5.56 Å². The molecule has 0 bridgehead atoms. The Balaban J connectivity index is 1.68. The molecule has 2 amide bonds. The molecule has 0 saturated carbocycles. The Morgan fingerprint density at radius 1 is 1.21 bits per heavy atom. The fraction of sp³-hybridized carbons (Fsp3) is 0.379. The van der Waals surface area contributed by atoms with Gasteiger partial charge < -0.3 is 19.7 Å². The van der Waals surface area contributed by atoms with Crippen molar-refractivity contribution < 1.29 is 23.5 Å². The number of benzene rings is 2. The van der Waals surface area contributed by atoms with Crippen molar-refractivity contribution in [2.75, 3.05) is 18.1 Å². The minimum absolute atomic E-state index is 0.0277. The van der Waals surface area contributed by atoms with Crippen molar-refractivity contribution in [3.8, 4) is 5.75 Å². The van der Waals surface area contributed by atoms with Crippen LogP contribution >= 0.6 is 0 Å². The van der Waals surface area contributed by atoms with E-state index in [-0.39, 0.29) is 37.0 Å². The summed E-state index contributed by atoms with van der Waals surface area (Å²) < 4.78 is 27.3. The van der Waals surface area contributed by atoms with E-state index in [1.54, 1.807) is 13.8 Å². The normalized spacial score (nSPS) is 13.9. The molecule has 1 aromatic heterocycles. The molecule has 0 radical (unpaired) electrons. The van der Waals surface area contributed by atoms with Gasteiger partial charge in [0.05, 0.1) is 18.8 Å². The number of aromatic nitrogens is 2. The van der Waals surface area contributed by atoms with Crippen LogP contribution in [0.1, 0.15) is 61.6 Å². The predicted molar refractivity (Wildman–Crippen MR) is 144 cm³/mol. The molecule has 2 aromatic carbocycles. The van der Waals surface area contributed by atoms with Crippen molar-refractivity contribution in [1.29, 1.82) is 0 Å². The Kier molecular flexibility index (Phi) is 8.44. The molecule has 1 aliphatic rings. The molecule has 9 nitrogen and oxygen atoms in total. The molecule has 0 aliphatic carbocycles. The van der Waals surface area contributed by atoms with Gasteiger partial charge in [-0.25, -0.2) is 9.37 Å². The van der Waals surface area contributed by atoms with Gasteiger partial charge >= 0.3 is 0 Å². The van der Waals surface area contributed by atoms with E-state index in [1.807, 2.05) is 37.3 Å². The third-order valence-electron chi connectivity index (χ3n) is 6.49. The molecule has 4 rings (SSSR count). The van der Waals surface area contributed by atoms with E-state index in [9.17, 15) is 18.8 Å². The minimum Gasteiger partial charge on any atom is -0.481 e. The average Bonchev–Trinajstić information content (AvgIpc) is 2.90. The second-order valence-electron chi connectivity index (χ2n) is 9.83. The van der Waals surface area contributed by atoms with Crippen LogP contribution in [0.5, 0.6) is 5.75 Å². The van der Waals surface area contributed by atoms with Gasteiger partial charge in [0, 0.05) is 20.0 Å². The van der Waals surface area contributed by atoms with Crippen LogP contribution in [-0.4, -0.2) is 34.5 Å². The van der Waals surface area contributed by atoms with Crippen LogP contribution in [0.2, 0.25) is 0 Å². The van der Waals surface area contributed by atoms with Crippen LogP contribution in [0.3, 0.4) is 0 Å². The van der Waals surface area contributed by atoms with Crippen molar-refractivity contribution in [1.82, 2.24) is 14.9 Å². The predicted octanol–water partition coefficient (Wildman–Crippen LogP) is 3.92. The number of carbonyl (C=O) groups is 2. The van der Waals surface area contributed by atoms with Gasteiger partial charge in [0.1, 0.15) is 23.8 Å². The molecule has 39 heavy (non-hydrogen) atoms. The van der Waals surface area contributed by atoms with E-state index >= 15 is 0 Å². The van der Waals surface area contributed by atoms with Crippen molar-refractivity contribution in [2.45, 2.75) is 59.4 Å². The number of anilines is 1. The van der Waals surface area contributed by atoms with Gasteiger partial charge in [-0.05, 0) is 43.5 Å². The first kappa shape index (κ1) is 28.0. The van der Waals surface area contributed by atoms with Crippen molar-refractivity contribution in [3.05, 3.63) is 87.3 Å². The van der Waals surface area contributed by atoms with Gasteiger partial charge in [0.15, 0.2) is 5.69 Å². The highest BCUT2D eigenvalue weighted by Crippen LogP contribution is 2.28. The topological polar surface area (TPSA) is 103 Å². The molecule has 0 saturated heterocycles. The maximum Gasteiger partial charge on any atom is 0.296 e. The second-order valence-corrected chi connectivity index (χ2v) is 9.83. The van der Waals surface area contributed by atoms with Gasteiger partial charge in [-0.3, -0.25) is 19.0 Å². The van der Waals surface area contributed by atoms with Crippen LogP contribution in [-0.2, 0) is 34.8 Å². The number of amides is 2. The molecule has 0 spiro atoms. The number of halogens is 1. The number of ether oxygens (including phenoxy) is 2. The maximum absolute atomic E-state index is 14.1. The molecule has 0 atom stereocenters. The summed E-state index contributed by atoms with van der Waals surface area (Å²) >= 11 is 0. The number of fused-ring (bicyclic) bond motifs is 1. The number of nitrogens with zero attached hydrogens (tertiary/aromatic N) is 3. The summed E-state index contributed by atoms with van der Waals surface area (Å²) in [6.45, 7) is 7.94. The highest BCUT2D eigenvalue weighted by Gasteiger charge is 2.35. The van der Waals surface area contributed by atoms with Crippen LogP contribution < -0.4 is 20.5 Å². The maximum atomic E-state index is 14.1. The third kappa shape index (κ3) is 6.17. The van der Waals surface area contributed by atoms with Gasteiger partial charge in [-0.15, -0.1) is 0 Å². The zero-order valence-corrected chi connectivity index (χ0v) is 22.6. The number of rotatable bonds is 9. The summed E-state index contributed by atoms with van der Waals surface area (Å²) in [5, 5.41) is 2.78. The Hall–Kier alpha value is -4.05. The molecule has 3 aromatic rings. The van der Waals surface area contributed by atoms with Gasteiger partial charge in [0.2, 0.25) is 11.7 Å². The number of hydrogen-bond acceptors (Lipinski definition) is 6. The van der Waals surface area contributed by atoms with Gasteiger partial charge in [-0.2, -0.15) is 0 Å². The molecule has 0 unspecified atom stereocenters. The van der Waals surface area contributed by atoms with Gasteiger partial charge in [-0.1, -0.05) is 43.3 Å². The van der Waals surface area contributed by atoms with E-state index in [4.69, 9.17) is 9.47 Å². The van der Waals surface area contributed by atoms with Crippen molar-refractivity contribution >= 4 is 17.5 Å². The summed E-state index contributed by atoms with van der Waals surface area (Å²) in [6, 6.07) is 13.4. The lowest BCUT2D eigenvalue weighted by Crippen LogP contribution is -2.43. The third-order valence-corrected chi connectivity index (χ3v) is 6.49. The molecule has 1 aliphatic heterocycles. The number of hydrogen-bond donors (Lipinski definition) is 1. The van der Waals surface area contributed by atoms with Gasteiger partial charge in [0.25, 0.3) is 11.5 Å². The van der Waals surface area contributed by atoms with Crippen LogP contribution in [0.4, 0.5) is 10.1 Å². The summed E-state index contributed by atoms with van der Waals surface area (Å²) in [4.78, 5) is 45.3. The summed E-state index contributed by atoms with van der Waals surface area (Å²) in [7, 11) is 0. The average molecular weight is 537 g/mol. The summed E-state index contributed by atoms with van der Waals surface area (Å²) in [5.41, 5.74) is 0.214. The molecular weight excluding hydrogens is 503 g/mol. The van der Waals surface area contributed by atoms with Crippen molar-refractivity contribution in [3.63, 3.8) is 0 Å². The first-order valence-electron chi connectivity index (χ1n) is 12.9. The highest BCUT2D eigenvalue weighted by atomic mass is 19.1. The fourth-order valence-electron chi connectivity index (χ4n) is 4.54. The lowest BCUT2D eigenvalue weighted by atomic mass is 10.1. The standard InChI is InChI=1S/C29H33FN4O5/c1-5-13-33(19(2)35)23-16-22(30)12-11-21(23)17-31-26(36)24-25(38-18-20-9-7-6-8-10-20)27(37)34-14-15-39-29(3,4)28(34)32-24/h6-12,16H,5,13-15,17-18H2,1-4H3,(H,31,36). The van der Waals surface area contributed by atoms with E-state index < -0.39 is 22.9 Å². The van der Waals surface area contributed by atoms with E-state index in [2.05, 4.69) is 10.3 Å². The lowest BCUT2D eigenvalue weighted by molar-refractivity contribution is -0.116. The lowest BCUT2D eigenvalue weighted by Gasteiger charge is -2.33. The SMILES string of the molecule is CCCN(C(C)=O)c1cc(F)ccc1CNC(=O)c1nc2n(c(=O)c1OCc1ccccc1)CCOC2(C)C. The largest absolute Gasteiger partial charge is 0.481 e. The zero-order valence-electron chi connectivity index (χ0n) is 22.6. The second kappa shape index (κ2) is 11.8. The number of carbonyl (C=O) groups excluding carboxylic acids is 2. The monoisotopic (exact) mass is 536 g/mol. The Morgan fingerprint density at radius 3 is 2.64 bits per heavy atom. The Morgan fingerprint density at radius 2 is 1.95 bits per heavy atom. The van der Waals surface area contributed by atoms with Crippen LogP contribution in [0, 0.1) is 5.82 Å². The summed E-state index contributed by atoms with van der Waals surface area (Å²) in [5.74, 6) is -1.21. The number of nitrogens with one attached hydrogen (secondary N) is 1. The fourth-order valence-corrected chi connectivity index (χ4v) is 4.54. The molecule has 2 heterocycles. The molecule has 0 fully saturated rings. The smallest absolute Gasteiger partial charge is 0.296 e. The first-order valence-corrected chi connectivity index (χ1v) is 12.9. The molecular formula is C29H33FN4O5. The molecule has 206 valence electrons. The van der Waals surface area contributed by atoms with Crippen LogP contribution in [0.15, 0.2) is 53.3 Å². The highest BCUT2D eigenvalue weighted by molar-refractivity contribution is 5.95. The van der Waals surface area contributed by atoms with Crippen molar-refractivity contribution in [2.24, 2.45) is 0 Å².